The minimum absolute atomic E-state index is 0.112. The fourth-order valence-electron chi connectivity index (χ4n) is 4.10. The number of alkyl halides is 3. The van der Waals surface area contributed by atoms with Gasteiger partial charge in [-0.05, 0) is 48.2 Å². The maximum Gasteiger partial charge on any atom is 0.416 e. The zero-order chi connectivity index (χ0) is 22.7. The number of hydrogen-bond donors (Lipinski definition) is 1. The third-order valence-electron chi connectivity index (χ3n) is 5.71. The van der Waals surface area contributed by atoms with Gasteiger partial charge in [-0.15, -0.1) is 0 Å². The Morgan fingerprint density at radius 3 is 2.25 bits per heavy atom. The van der Waals surface area contributed by atoms with Crippen molar-refractivity contribution in [2.45, 2.75) is 31.1 Å². The number of nitrogens with zero attached hydrogens (tertiary/aromatic N) is 1. The quantitative estimate of drug-likeness (QED) is 0.466. The van der Waals surface area contributed by atoms with Crippen molar-refractivity contribution in [1.82, 2.24) is 4.90 Å². The molecule has 2 atom stereocenters. The molecule has 1 saturated heterocycles. The molecule has 0 spiro atoms. The van der Waals surface area contributed by atoms with Crippen molar-refractivity contribution in [2.75, 3.05) is 11.9 Å². The molecule has 1 heterocycles. The maximum absolute atomic E-state index is 14.3. The largest absolute Gasteiger partial charge is 0.416 e. The van der Waals surface area contributed by atoms with Crippen LogP contribution in [0.3, 0.4) is 0 Å². The molecule has 7 heteroatoms. The van der Waals surface area contributed by atoms with Crippen molar-refractivity contribution in [3.05, 3.63) is 101 Å². The van der Waals surface area contributed by atoms with Gasteiger partial charge in [-0.2, -0.15) is 13.2 Å². The summed E-state index contributed by atoms with van der Waals surface area (Å²) in [6, 6.07) is 18.8. The van der Waals surface area contributed by atoms with Gasteiger partial charge >= 0.3 is 6.18 Å². The van der Waals surface area contributed by atoms with Gasteiger partial charge in [0.05, 0.1) is 17.3 Å². The van der Waals surface area contributed by atoms with Gasteiger partial charge in [-0.3, -0.25) is 4.79 Å². The number of carbonyl (C=O) groups excluding carboxylic acids is 1. The average Bonchev–Trinajstić information content (AvgIpc) is 3.28. The molecule has 1 aliphatic heterocycles. The van der Waals surface area contributed by atoms with Crippen molar-refractivity contribution < 1.29 is 22.4 Å². The monoisotopic (exact) mass is 442 g/mol. The fourth-order valence-corrected chi connectivity index (χ4v) is 4.10. The van der Waals surface area contributed by atoms with Crippen molar-refractivity contribution in [3.8, 4) is 0 Å². The smallest absolute Gasteiger partial charge is 0.368 e. The van der Waals surface area contributed by atoms with E-state index in [9.17, 15) is 22.4 Å². The van der Waals surface area contributed by atoms with E-state index in [0.717, 1.165) is 30.5 Å². The van der Waals surface area contributed by atoms with Crippen molar-refractivity contribution in [3.63, 3.8) is 0 Å². The summed E-state index contributed by atoms with van der Waals surface area (Å²) in [5, 5.41) is 2.92. The van der Waals surface area contributed by atoms with Crippen molar-refractivity contribution >= 4 is 11.6 Å². The van der Waals surface area contributed by atoms with Crippen LogP contribution in [0.4, 0.5) is 23.2 Å². The molecule has 1 aliphatic rings. The second-order valence-corrected chi connectivity index (χ2v) is 7.78. The van der Waals surface area contributed by atoms with E-state index in [4.69, 9.17) is 0 Å². The molecule has 0 aromatic heterocycles. The summed E-state index contributed by atoms with van der Waals surface area (Å²) < 4.78 is 53.4. The Balaban J connectivity index is 1.68. The Labute approximate surface area is 183 Å². The molecule has 4 rings (SSSR count). The molecule has 0 bridgehead atoms. The number of anilines is 1. The zero-order valence-electron chi connectivity index (χ0n) is 17.1. The molecule has 1 unspecified atom stereocenters. The molecular formula is C25H22F4N2O. The predicted molar refractivity (Wildman–Crippen MR) is 114 cm³/mol. The van der Waals surface area contributed by atoms with E-state index in [-0.39, 0.29) is 17.6 Å². The van der Waals surface area contributed by atoms with Crippen LogP contribution in [0.2, 0.25) is 0 Å². The van der Waals surface area contributed by atoms with E-state index in [1.165, 1.54) is 30.3 Å². The van der Waals surface area contributed by atoms with Gasteiger partial charge in [0.25, 0.3) is 0 Å². The summed E-state index contributed by atoms with van der Waals surface area (Å²) in [6.45, 7) is 0.522. The molecule has 0 radical (unpaired) electrons. The molecule has 0 aliphatic carbocycles. The lowest BCUT2D eigenvalue weighted by Crippen LogP contribution is -2.37. The SMILES string of the molecule is O=C(C(Nc1ccccc1F)c1ccc(C(F)(F)F)cc1)N1CCC[C@@H]1c1ccccc1. The molecule has 0 saturated carbocycles. The lowest BCUT2D eigenvalue weighted by atomic mass is 10.0. The van der Waals surface area contributed by atoms with Gasteiger partial charge in [0, 0.05) is 6.54 Å². The van der Waals surface area contributed by atoms with Gasteiger partial charge in [0.2, 0.25) is 5.91 Å². The molecule has 3 aromatic rings. The minimum Gasteiger partial charge on any atom is -0.368 e. The Kier molecular flexibility index (Phi) is 6.17. The minimum atomic E-state index is -4.48. The third kappa shape index (κ3) is 4.61. The molecule has 166 valence electrons. The number of benzene rings is 3. The second-order valence-electron chi connectivity index (χ2n) is 7.78. The number of amides is 1. The summed E-state index contributed by atoms with van der Waals surface area (Å²) in [5.74, 6) is -0.849. The van der Waals surface area contributed by atoms with Crippen LogP contribution < -0.4 is 5.32 Å². The Hall–Kier alpha value is -3.35. The van der Waals surface area contributed by atoms with E-state index < -0.39 is 23.6 Å². The Morgan fingerprint density at radius 1 is 0.938 bits per heavy atom. The summed E-state index contributed by atoms with van der Waals surface area (Å²) in [4.78, 5) is 15.4. The van der Waals surface area contributed by atoms with E-state index in [2.05, 4.69) is 5.32 Å². The Bertz CT molecular complexity index is 1070. The number of para-hydroxylation sites is 1. The summed E-state index contributed by atoms with van der Waals surface area (Å²) in [6.07, 6.45) is -2.88. The normalized spacial score (nSPS) is 17.2. The van der Waals surface area contributed by atoms with Crippen LogP contribution in [0.25, 0.3) is 0 Å². The van der Waals surface area contributed by atoms with E-state index in [1.54, 1.807) is 11.0 Å². The summed E-state index contributed by atoms with van der Waals surface area (Å²) >= 11 is 0. The zero-order valence-corrected chi connectivity index (χ0v) is 17.1. The van der Waals surface area contributed by atoms with Crippen LogP contribution in [0.5, 0.6) is 0 Å². The van der Waals surface area contributed by atoms with Crippen LogP contribution in [-0.2, 0) is 11.0 Å². The highest BCUT2D eigenvalue weighted by Gasteiger charge is 2.36. The van der Waals surface area contributed by atoms with Crippen LogP contribution in [-0.4, -0.2) is 17.4 Å². The number of halogens is 4. The van der Waals surface area contributed by atoms with Gasteiger partial charge < -0.3 is 10.2 Å². The molecule has 3 aromatic carbocycles. The molecule has 32 heavy (non-hydrogen) atoms. The van der Waals surface area contributed by atoms with Crippen LogP contribution in [0, 0.1) is 5.82 Å². The standard InChI is InChI=1S/C25H22F4N2O/c26-20-9-4-5-10-21(20)30-23(18-12-14-19(15-13-18)25(27,28)29)24(32)31-16-6-11-22(31)17-7-2-1-3-8-17/h1-5,7-10,12-15,22-23,30H,6,11,16H2/t22-,23?/m1/s1. The summed E-state index contributed by atoms with van der Waals surface area (Å²) in [5.41, 5.74) is 0.642. The summed E-state index contributed by atoms with van der Waals surface area (Å²) in [7, 11) is 0. The first-order valence-corrected chi connectivity index (χ1v) is 10.4. The first-order valence-electron chi connectivity index (χ1n) is 10.4. The first-order chi connectivity index (χ1) is 15.3. The highest BCUT2D eigenvalue weighted by atomic mass is 19.4. The van der Waals surface area contributed by atoms with Crippen molar-refractivity contribution in [2.24, 2.45) is 0 Å². The van der Waals surface area contributed by atoms with Crippen LogP contribution in [0.1, 0.15) is 41.6 Å². The number of likely N-dealkylation sites (tertiary alicyclic amines) is 1. The predicted octanol–water partition coefficient (Wildman–Crippen LogP) is 6.36. The maximum atomic E-state index is 14.3. The van der Waals surface area contributed by atoms with E-state index in [0.29, 0.717) is 12.1 Å². The number of rotatable bonds is 5. The lowest BCUT2D eigenvalue weighted by Gasteiger charge is -2.30. The number of carbonyl (C=O) groups is 1. The Morgan fingerprint density at radius 2 is 1.59 bits per heavy atom. The van der Waals surface area contributed by atoms with Crippen LogP contribution >= 0.6 is 0 Å². The molecule has 1 N–H and O–H groups in total. The number of nitrogens with one attached hydrogen (secondary N) is 1. The van der Waals surface area contributed by atoms with E-state index in [1.807, 2.05) is 30.3 Å². The highest BCUT2D eigenvalue weighted by molar-refractivity contribution is 5.87. The molecule has 3 nitrogen and oxygen atoms in total. The van der Waals surface area contributed by atoms with E-state index >= 15 is 0 Å². The fraction of sp³-hybridized carbons (Fsp3) is 0.240. The number of hydrogen-bond acceptors (Lipinski definition) is 2. The van der Waals surface area contributed by atoms with Crippen molar-refractivity contribution in [1.29, 1.82) is 0 Å². The van der Waals surface area contributed by atoms with Gasteiger partial charge in [0.15, 0.2) is 0 Å². The van der Waals surface area contributed by atoms with Gasteiger partial charge in [-0.25, -0.2) is 4.39 Å². The van der Waals surface area contributed by atoms with Gasteiger partial charge in [0.1, 0.15) is 11.9 Å². The third-order valence-corrected chi connectivity index (χ3v) is 5.71. The van der Waals surface area contributed by atoms with Gasteiger partial charge in [-0.1, -0.05) is 54.6 Å². The van der Waals surface area contributed by atoms with Crippen LogP contribution in [0.15, 0.2) is 78.9 Å². The molecule has 1 amide bonds. The molecular weight excluding hydrogens is 420 g/mol. The highest BCUT2D eigenvalue weighted by Crippen LogP contribution is 2.36. The topological polar surface area (TPSA) is 32.3 Å². The molecule has 1 fully saturated rings. The first kappa shape index (κ1) is 21.9. The second kappa shape index (κ2) is 9.02. The lowest BCUT2D eigenvalue weighted by molar-refractivity contribution is -0.137. The average molecular weight is 442 g/mol.